The maximum atomic E-state index is 12.4. The van der Waals surface area contributed by atoms with Crippen molar-refractivity contribution in [1.82, 2.24) is 4.90 Å². The Balaban J connectivity index is 3.20. The maximum Gasteiger partial charge on any atom is 0.261 e. The Kier molecular flexibility index (Phi) is 4.98. The minimum absolute atomic E-state index is 0.0313. The summed E-state index contributed by atoms with van der Waals surface area (Å²) >= 11 is 0. The van der Waals surface area contributed by atoms with Gasteiger partial charge in [-0.25, -0.2) is 8.42 Å². The van der Waals surface area contributed by atoms with E-state index in [0.29, 0.717) is 5.56 Å². The van der Waals surface area contributed by atoms with Crippen molar-refractivity contribution < 1.29 is 13.2 Å². The van der Waals surface area contributed by atoms with E-state index >= 15 is 0 Å². The van der Waals surface area contributed by atoms with Crippen LogP contribution in [0.4, 0.5) is 0 Å². The summed E-state index contributed by atoms with van der Waals surface area (Å²) in [5.74, 6) is -0.202. The van der Waals surface area contributed by atoms with Gasteiger partial charge >= 0.3 is 0 Å². The molecule has 1 rings (SSSR count). The Morgan fingerprint density at radius 1 is 1.16 bits per heavy atom. The minimum atomic E-state index is -3.82. The number of hydrogen-bond acceptors (Lipinski definition) is 3. The fourth-order valence-electron chi connectivity index (χ4n) is 2.00. The Bertz CT molecular complexity index is 559. The molecule has 1 aromatic rings. The molecule has 106 valence electrons. The second-order valence-electron chi connectivity index (χ2n) is 4.87. The van der Waals surface area contributed by atoms with E-state index in [0.717, 1.165) is 0 Å². The van der Waals surface area contributed by atoms with Crippen LogP contribution in [-0.4, -0.2) is 31.3 Å². The van der Waals surface area contributed by atoms with Crippen molar-refractivity contribution in [2.24, 2.45) is 0 Å². The van der Waals surface area contributed by atoms with E-state index in [1.54, 1.807) is 11.0 Å². The van der Waals surface area contributed by atoms with Gasteiger partial charge in [0.25, 0.3) is 15.0 Å². The van der Waals surface area contributed by atoms with E-state index < -0.39 is 9.05 Å². The van der Waals surface area contributed by atoms with E-state index in [-0.39, 0.29) is 22.9 Å². The van der Waals surface area contributed by atoms with E-state index in [2.05, 4.69) is 0 Å². The highest BCUT2D eigenvalue weighted by Gasteiger charge is 2.22. The first kappa shape index (κ1) is 16.0. The van der Waals surface area contributed by atoms with Crippen LogP contribution in [0.2, 0.25) is 0 Å². The van der Waals surface area contributed by atoms with Crippen LogP contribution in [0.5, 0.6) is 0 Å². The number of hydrogen-bond donors (Lipinski definition) is 0. The molecule has 6 heteroatoms. The molecule has 19 heavy (non-hydrogen) atoms. The largest absolute Gasteiger partial charge is 0.334 e. The zero-order valence-corrected chi connectivity index (χ0v) is 13.0. The van der Waals surface area contributed by atoms with Crippen LogP contribution < -0.4 is 0 Å². The molecule has 0 aromatic heterocycles. The zero-order valence-electron chi connectivity index (χ0n) is 11.4. The van der Waals surface area contributed by atoms with Gasteiger partial charge in [-0.3, -0.25) is 4.79 Å². The first-order valence-corrected chi connectivity index (χ1v) is 8.33. The van der Waals surface area contributed by atoms with Gasteiger partial charge in [0.1, 0.15) is 0 Å². The van der Waals surface area contributed by atoms with Gasteiger partial charge in [0.15, 0.2) is 0 Å². The predicted molar refractivity (Wildman–Crippen MR) is 75.9 cm³/mol. The van der Waals surface area contributed by atoms with E-state index in [9.17, 15) is 13.2 Å². The molecule has 0 aliphatic carbocycles. The molecule has 0 N–H and O–H groups in total. The van der Waals surface area contributed by atoms with Crippen LogP contribution in [0.25, 0.3) is 0 Å². The molecular formula is C13H18ClNO3S. The number of nitrogens with zero attached hydrogens (tertiary/aromatic N) is 1. The van der Waals surface area contributed by atoms with Crippen molar-refractivity contribution in [2.45, 2.75) is 44.7 Å². The molecule has 4 nitrogen and oxygen atoms in total. The van der Waals surface area contributed by atoms with Crippen molar-refractivity contribution in [2.75, 3.05) is 0 Å². The van der Waals surface area contributed by atoms with Gasteiger partial charge in [-0.1, -0.05) is 6.07 Å². The van der Waals surface area contributed by atoms with Gasteiger partial charge < -0.3 is 4.90 Å². The molecular weight excluding hydrogens is 286 g/mol. The van der Waals surface area contributed by atoms with Crippen LogP contribution >= 0.6 is 10.7 Å². The quantitative estimate of drug-likeness (QED) is 0.804. The summed E-state index contributed by atoms with van der Waals surface area (Å²) in [5.41, 5.74) is 0.323. The lowest BCUT2D eigenvalue weighted by atomic mass is 10.1. The van der Waals surface area contributed by atoms with E-state index in [1.807, 2.05) is 27.7 Å². The lowest BCUT2D eigenvalue weighted by molar-refractivity contribution is 0.0643. The average molecular weight is 304 g/mol. The monoisotopic (exact) mass is 303 g/mol. The number of amides is 1. The summed E-state index contributed by atoms with van der Waals surface area (Å²) in [6.45, 7) is 7.67. The molecule has 0 saturated carbocycles. The summed E-state index contributed by atoms with van der Waals surface area (Å²) in [4.78, 5) is 14.0. The smallest absolute Gasteiger partial charge is 0.261 e. The Hall–Kier alpha value is -1.07. The molecule has 0 aliphatic heterocycles. The maximum absolute atomic E-state index is 12.4. The first-order valence-electron chi connectivity index (χ1n) is 6.02. The highest BCUT2D eigenvalue weighted by Crippen LogP contribution is 2.19. The summed E-state index contributed by atoms with van der Waals surface area (Å²) in [7, 11) is 1.46. The number of carbonyl (C=O) groups is 1. The van der Waals surface area contributed by atoms with Gasteiger partial charge in [0, 0.05) is 28.3 Å². The van der Waals surface area contributed by atoms with Crippen molar-refractivity contribution in [1.29, 1.82) is 0 Å². The summed E-state index contributed by atoms with van der Waals surface area (Å²) in [5, 5.41) is 0. The zero-order chi connectivity index (χ0) is 14.8. The predicted octanol–water partition coefficient (Wildman–Crippen LogP) is 2.87. The third-order valence-corrected chi connectivity index (χ3v) is 4.06. The van der Waals surface area contributed by atoms with Crippen LogP contribution in [0.3, 0.4) is 0 Å². The molecule has 1 aromatic carbocycles. The minimum Gasteiger partial charge on any atom is -0.334 e. The fourth-order valence-corrected chi connectivity index (χ4v) is 2.79. The van der Waals surface area contributed by atoms with Crippen LogP contribution in [-0.2, 0) is 9.05 Å². The summed E-state index contributed by atoms with van der Waals surface area (Å²) < 4.78 is 22.6. The molecule has 0 saturated heterocycles. The van der Waals surface area contributed by atoms with Gasteiger partial charge in [0.2, 0.25) is 0 Å². The van der Waals surface area contributed by atoms with Gasteiger partial charge in [-0.2, -0.15) is 0 Å². The van der Waals surface area contributed by atoms with Crippen molar-refractivity contribution >= 4 is 25.6 Å². The number of benzene rings is 1. The molecule has 0 fully saturated rings. The number of carbonyl (C=O) groups excluding carboxylic acids is 1. The molecule has 0 atom stereocenters. The van der Waals surface area contributed by atoms with E-state index in [1.165, 1.54) is 18.2 Å². The normalized spacial score (nSPS) is 11.9. The van der Waals surface area contributed by atoms with Crippen LogP contribution in [0.15, 0.2) is 29.2 Å². The molecule has 0 spiro atoms. The molecule has 0 aliphatic rings. The van der Waals surface area contributed by atoms with Crippen molar-refractivity contribution in [3.63, 3.8) is 0 Å². The Morgan fingerprint density at radius 3 is 2.11 bits per heavy atom. The average Bonchev–Trinajstić information content (AvgIpc) is 2.27. The van der Waals surface area contributed by atoms with Crippen LogP contribution in [0, 0.1) is 0 Å². The standard InChI is InChI=1S/C13H18ClNO3S/c1-9(2)15(10(3)4)13(16)11-6-5-7-12(8-11)19(14,17)18/h5-10H,1-4H3. The molecule has 1 amide bonds. The number of halogens is 1. The highest BCUT2D eigenvalue weighted by atomic mass is 35.7. The Labute approximate surface area is 118 Å². The SMILES string of the molecule is CC(C)N(C(=O)c1cccc(S(=O)(=O)Cl)c1)C(C)C. The van der Waals surface area contributed by atoms with Crippen molar-refractivity contribution in [3.05, 3.63) is 29.8 Å². The molecule has 0 heterocycles. The van der Waals surface area contributed by atoms with Gasteiger partial charge in [-0.15, -0.1) is 0 Å². The Morgan fingerprint density at radius 2 is 1.68 bits per heavy atom. The topological polar surface area (TPSA) is 54.5 Å². The summed E-state index contributed by atoms with van der Waals surface area (Å²) in [6, 6.07) is 5.84. The lowest BCUT2D eigenvalue weighted by Gasteiger charge is -2.30. The van der Waals surface area contributed by atoms with E-state index in [4.69, 9.17) is 10.7 Å². The molecule has 0 bridgehead atoms. The van der Waals surface area contributed by atoms with Crippen LogP contribution in [0.1, 0.15) is 38.1 Å². The van der Waals surface area contributed by atoms with Crippen molar-refractivity contribution in [3.8, 4) is 0 Å². The van der Waals surface area contributed by atoms with Gasteiger partial charge in [-0.05, 0) is 45.9 Å². The third kappa shape index (κ3) is 3.94. The lowest BCUT2D eigenvalue weighted by Crippen LogP contribution is -2.42. The highest BCUT2D eigenvalue weighted by molar-refractivity contribution is 8.13. The fraction of sp³-hybridized carbons (Fsp3) is 0.462. The first-order chi connectivity index (χ1) is 8.64. The molecule has 0 radical (unpaired) electrons. The van der Waals surface area contributed by atoms with Gasteiger partial charge in [0.05, 0.1) is 4.90 Å². The second kappa shape index (κ2) is 5.92. The second-order valence-corrected chi connectivity index (χ2v) is 7.43. The summed E-state index contributed by atoms with van der Waals surface area (Å²) in [6.07, 6.45) is 0. The number of rotatable bonds is 4. The third-order valence-electron chi connectivity index (χ3n) is 2.71. The molecule has 0 unspecified atom stereocenters.